The van der Waals surface area contributed by atoms with E-state index in [9.17, 15) is 9.59 Å². The van der Waals surface area contributed by atoms with Crippen LogP contribution in [0.15, 0.2) is 58.0 Å². The number of ketones is 1. The van der Waals surface area contributed by atoms with Crippen molar-refractivity contribution in [3.8, 4) is 0 Å². The monoisotopic (exact) mass is 444 g/mol. The Labute approximate surface area is 173 Å². The molecule has 0 aliphatic heterocycles. The van der Waals surface area contributed by atoms with Gasteiger partial charge in [-0.15, -0.1) is 0 Å². The molecule has 148 valence electrons. The third kappa shape index (κ3) is 5.34. The van der Waals surface area contributed by atoms with Crippen LogP contribution in [-0.4, -0.2) is 48.0 Å². The number of nitrogens with two attached hydrogens (primary N) is 2. The first kappa shape index (κ1) is 21.9. The number of nitrogens with zero attached hydrogens (tertiary/aromatic N) is 2. The van der Waals surface area contributed by atoms with Crippen LogP contribution in [0.1, 0.15) is 34.6 Å². The van der Waals surface area contributed by atoms with E-state index in [-0.39, 0.29) is 18.2 Å². The smallest absolute Gasteiger partial charge is 0.254 e. The molecule has 0 radical (unpaired) electrons. The molecule has 0 fully saturated rings. The Bertz CT molecular complexity index is 865. The molecule has 4 N–H and O–H groups in total. The lowest BCUT2D eigenvalue weighted by Gasteiger charge is -2.31. The molecule has 2 aromatic rings. The van der Waals surface area contributed by atoms with Crippen LogP contribution >= 0.6 is 15.9 Å². The average molecular weight is 445 g/mol. The van der Waals surface area contributed by atoms with Crippen LogP contribution < -0.4 is 11.5 Å². The predicted octanol–water partition coefficient (Wildman–Crippen LogP) is 3.17. The molecular formula is C21H25BrN4O2. The highest BCUT2D eigenvalue weighted by atomic mass is 79.9. The summed E-state index contributed by atoms with van der Waals surface area (Å²) in [7, 11) is 0. The topological polar surface area (TPSA) is 102 Å². The molecule has 28 heavy (non-hydrogen) atoms. The normalized spacial score (nSPS) is 12.5. The van der Waals surface area contributed by atoms with Gasteiger partial charge in [0.25, 0.3) is 5.91 Å². The summed E-state index contributed by atoms with van der Waals surface area (Å²) in [5, 5.41) is 0. The van der Waals surface area contributed by atoms with Gasteiger partial charge in [0.1, 0.15) is 0 Å². The highest BCUT2D eigenvalue weighted by molar-refractivity contribution is 9.10. The van der Waals surface area contributed by atoms with Crippen molar-refractivity contribution in [1.82, 2.24) is 4.90 Å². The first-order valence-electron chi connectivity index (χ1n) is 9.00. The Morgan fingerprint density at radius 3 is 2.29 bits per heavy atom. The van der Waals surface area contributed by atoms with Gasteiger partial charge < -0.3 is 16.4 Å². The molecule has 1 unspecified atom stereocenters. The van der Waals surface area contributed by atoms with Gasteiger partial charge in [0, 0.05) is 40.9 Å². The second kappa shape index (κ2) is 10.3. The molecule has 6 nitrogen and oxygen atoms in total. The second-order valence-corrected chi connectivity index (χ2v) is 7.29. The number of hydrogen-bond donors (Lipinski definition) is 2. The molecule has 1 amide bonds. The highest BCUT2D eigenvalue weighted by Crippen LogP contribution is 2.21. The predicted molar refractivity (Wildman–Crippen MR) is 116 cm³/mol. The first-order valence-corrected chi connectivity index (χ1v) is 9.80. The van der Waals surface area contributed by atoms with Crippen LogP contribution in [0.2, 0.25) is 0 Å². The molecule has 7 heteroatoms. The maximum Gasteiger partial charge on any atom is 0.254 e. The maximum atomic E-state index is 13.1. The van der Waals surface area contributed by atoms with Crippen molar-refractivity contribution in [3.05, 3.63) is 64.1 Å². The Morgan fingerprint density at radius 1 is 1.07 bits per heavy atom. The van der Waals surface area contributed by atoms with E-state index in [4.69, 9.17) is 11.5 Å². The molecule has 0 bridgehead atoms. The number of rotatable bonds is 8. The number of para-hydroxylation sites is 1. The van der Waals surface area contributed by atoms with E-state index in [0.29, 0.717) is 35.6 Å². The van der Waals surface area contributed by atoms with E-state index < -0.39 is 6.04 Å². The molecule has 2 aromatic carbocycles. The van der Waals surface area contributed by atoms with Crippen molar-refractivity contribution in [3.63, 3.8) is 0 Å². The van der Waals surface area contributed by atoms with Crippen molar-refractivity contribution < 1.29 is 9.59 Å². The minimum Gasteiger partial charge on any atom is -0.329 e. The zero-order chi connectivity index (χ0) is 20.7. The number of benzene rings is 2. The summed E-state index contributed by atoms with van der Waals surface area (Å²) < 4.78 is 0.892. The van der Waals surface area contributed by atoms with Crippen molar-refractivity contribution >= 4 is 39.0 Å². The summed E-state index contributed by atoms with van der Waals surface area (Å²) in [6.07, 6.45) is 0. The van der Waals surface area contributed by atoms with E-state index in [1.165, 1.54) is 6.92 Å². The lowest BCUT2D eigenvalue weighted by atomic mass is 10.1. The van der Waals surface area contributed by atoms with Crippen LogP contribution in [0, 0.1) is 0 Å². The Hall–Kier alpha value is -2.35. The van der Waals surface area contributed by atoms with E-state index in [1.807, 2.05) is 25.1 Å². The largest absolute Gasteiger partial charge is 0.329 e. The van der Waals surface area contributed by atoms with Gasteiger partial charge in [0.15, 0.2) is 5.78 Å². The number of amides is 1. The fraction of sp³-hybridized carbons (Fsp3) is 0.286. The SMILES string of the molecule is CC(=O)c1ccccc1N=C(C)C(CN)N(CCN)C(=O)c1ccc(Br)cc1. The Morgan fingerprint density at radius 2 is 1.71 bits per heavy atom. The van der Waals surface area contributed by atoms with Gasteiger partial charge in [0.05, 0.1) is 11.7 Å². The fourth-order valence-electron chi connectivity index (χ4n) is 2.95. The van der Waals surface area contributed by atoms with E-state index in [1.54, 1.807) is 35.2 Å². The van der Waals surface area contributed by atoms with Crippen LogP contribution in [-0.2, 0) is 0 Å². The third-order valence-corrected chi connectivity index (χ3v) is 4.91. The quantitative estimate of drug-likeness (QED) is 0.481. The minimum atomic E-state index is -0.431. The molecule has 0 heterocycles. The average Bonchev–Trinajstić information content (AvgIpc) is 2.68. The fourth-order valence-corrected chi connectivity index (χ4v) is 3.22. The van der Waals surface area contributed by atoms with Gasteiger partial charge in [-0.1, -0.05) is 28.1 Å². The first-order chi connectivity index (χ1) is 13.4. The van der Waals surface area contributed by atoms with Gasteiger partial charge in [0.2, 0.25) is 0 Å². The lowest BCUT2D eigenvalue weighted by Crippen LogP contribution is -2.50. The number of carbonyl (C=O) groups is 2. The third-order valence-electron chi connectivity index (χ3n) is 4.38. The van der Waals surface area contributed by atoms with Gasteiger partial charge in [-0.2, -0.15) is 0 Å². The van der Waals surface area contributed by atoms with Crippen LogP contribution in [0.3, 0.4) is 0 Å². The molecule has 2 rings (SSSR count). The van der Waals surface area contributed by atoms with Crippen molar-refractivity contribution in [2.75, 3.05) is 19.6 Å². The summed E-state index contributed by atoms with van der Waals surface area (Å²) in [5.41, 5.74) is 14.0. The van der Waals surface area contributed by atoms with Gasteiger partial charge in [-0.05, 0) is 50.2 Å². The Kier molecular flexibility index (Phi) is 8.04. The minimum absolute atomic E-state index is 0.0683. The van der Waals surface area contributed by atoms with Crippen molar-refractivity contribution in [2.45, 2.75) is 19.9 Å². The molecule has 0 saturated heterocycles. The molecule has 0 saturated carbocycles. The standard InChI is InChI=1S/C21H25BrN4O2/c1-14(25-19-6-4-3-5-18(19)15(2)27)20(13-24)26(12-11-23)21(28)16-7-9-17(22)10-8-16/h3-10,20H,11-13,23-24H2,1-2H3. The number of Topliss-reactive ketones (excluding diaryl/α,β-unsaturated/α-hetero) is 1. The number of aliphatic imine (C=N–C) groups is 1. The maximum absolute atomic E-state index is 13.1. The number of carbonyl (C=O) groups excluding carboxylic acids is 2. The lowest BCUT2D eigenvalue weighted by molar-refractivity contribution is 0.0733. The van der Waals surface area contributed by atoms with Crippen molar-refractivity contribution in [2.24, 2.45) is 16.5 Å². The molecule has 0 spiro atoms. The molecule has 0 aliphatic rings. The van der Waals surface area contributed by atoms with Crippen LogP contribution in [0.4, 0.5) is 5.69 Å². The van der Waals surface area contributed by atoms with Gasteiger partial charge >= 0.3 is 0 Å². The summed E-state index contributed by atoms with van der Waals surface area (Å²) in [6, 6.07) is 13.8. The molecule has 0 aromatic heterocycles. The van der Waals surface area contributed by atoms with Crippen LogP contribution in [0.25, 0.3) is 0 Å². The summed E-state index contributed by atoms with van der Waals surface area (Å²) >= 11 is 3.37. The van der Waals surface area contributed by atoms with Crippen LogP contribution in [0.5, 0.6) is 0 Å². The van der Waals surface area contributed by atoms with Crippen molar-refractivity contribution in [1.29, 1.82) is 0 Å². The van der Waals surface area contributed by atoms with E-state index in [0.717, 1.165) is 4.47 Å². The second-order valence-electron chi connectivity index (χ2n) is 6.37. The van der Waals surface area contributed by atoms with E-state index in [2.05, 4.69) is 20.9 Å². The Balaban J connectivity index is 2.39. The molecular weight excluding hydrogens is 420 g/mol. The molecule has 0 aliphatic carbocycles. The summed E-state index contributed by atoms with van der Waals surface area (Å²) in [5.74, 6) is -0.232. The summed E-state index contributed by atoms with van der Waals surface area (Å²) in [4.78, 5) is 31.2. The zero-order valence-corrected chi connectivity index (χ0v) is 17.6. The highest BCUT2D eigenvalue weighted by Gasteiger charge is 2.25. The van der Waals surface area contributed by atoms with Gasteiger partial charge in [-0.25, -0.2) is 0 Å². The van der Waals surface area contributed by atoms with E-state index >= 15 is 0 Å². The molecule has 1 atom stereocenters. The number of hydrogen-bond acceptors (Lipinski definition) is 5. The number of halogens is 1. The zero-order valence-electron chi connectivity index (χ0n) is 16.1. The summed E-state index contributed by atoms with van der Waals surface area (Å²) in [6.45, 7) is 4.16. The van der Waals surface area contributed by atoms with Gasteiger partial charge in [-0.3, -0.25) is 14.6 Å².